The number of carbonyl (C=O) groups excluding carboxylic acids is 1. The first-order chi connectivity index (χ1) is 12.7. The van der Waals surface area contributed by atoms with Gasteiger partial charge in [-0.05, 0) is 49.2 Å². The van der Waals surface area contributed by atoms with Crippen molar-refractivity contribution >= 4 is 21.6 Å². The predicted octanol–water partition coefficient (Wildman–Crippen LogP) is 2.40. The maximum absolute atomic E-state index is 13.4. The van der Waals surface area contributed by atoms with E-state index in [1.807, 2.05) is 32.0 Å². The molecule has 0 spiro atoms. The van der Waals surface area contributed by atoms with Gasteiger partial charge in [0.25, 0.3) is 0 Å². The second kappa shape index (κ2) is 8.85. The molecule has 6 nitrogen and oxygen atoms in total. The van der Waals surface area contributed by atoms with Gasteiger partial charge in [0, 0.05) is 0 Å². The molecule has 1 amide bonds. The summed E-state index contributed by atoms with van der Waals surface area (Å²) in [5.74, 6) is -0.348. The molecule has 0 saturated heterocycles. The van der Waals surface area contributed by atoms with Crippen LogP contribution in [0.2, 0.25) is 0 Å². The lowest BCUT2D eigenvalue weighted by atomic mass is 10.1. The summed E-state index contributed by atoms with van der Waals surface area (Å²) >= 11 is 0. The second-order valence-electron chi connectivity index (χ2n) is 6.22. The molecule has 0 aliphatic heterocycles. The number of nitrogens with zero attached hydrogens (tertiary/aromatic N) is 1. The number of rotatable bonds is 8. The zero-order valence-corrected chi connectivity index (χ0v) is 16.3. The number of carbonyl (C=O) groups is 1. The van der Waals surface area contributed by atoms with E-state index in [-0.39, 0.29) is 18.8 Å². The first-order valence-corrected chi connectivity index (χ1v) is 10.2. The molecule has 0 unspecified atom stereocenters. The summed E-state index contributed by atoms with van der Waals surface area (Å²) in [6.45, 7) is 3.91. The molecule has 2 aromatic carbocycles. The summed E-state index contributed by atoms with van der Waals surface area (Å²) in [6.07, 6.45) is 0.967. The van der Waals surface area contributed by atoms with E-state index in [0.717, 1.165) is 33.5 Å². The molecule has 27 heavy (non-hydrogen) atoms. The van der Waals surface area contributed by atoms with Gasteiger partial charge >= 0.3 is 0 Å². The average molecular weight is 394 g/mol. The molecule has 146 valence electrons. The third kappa shape index (κ3) is 6.25. The Labute approximate surface area is 159 Å². The Morgan fingerprint density at radius 3 is 2.59 bits per heavy atom. The minimum Gasteiger partial charge on any atom is -0.491 e. The summed E-state index contributed by atoms with van der Waals surface area (Å²) in [5, 5.41) is 2.61. The number of benzene rings is 2. The summed E-state index contributed by atoms with van der Waals surface area (Å²) in [6, 6.07) is 10.9. The van der Waals surface area contributed by atoms with Gasteiger partial charge in [-0.2, -0.15) is 0 Å². The van der Waals surface area contributed by atoms with E-state index in [1.54, 1.807) is 0 Å². The first-order valence-electron chi connectivity index (χ1n) is 8.37. The van der Waals surface area contributed by atoms with Crippen LogP contribution in [-0.2, 0) is 14.8 Å². The van der Waals surface area contributed by atoms with Gasteiger partial charge in [0.1, 0.15) is 24.7 Å². The van der Waals surface area contributed by atoms with E-state index in [9.17, 15) is 17.6 Å². The fourth-order valence-electron chi connectivity index (χ4n) is 2.43. The topological polar surface area (TPSA) is 75.7 Å². The van der Waals surface area contributed by atoms with Crippen molar-refractivity contribution in [2.75, 3.05) is 30.3 Å². The summed E-state index contributed by atoms with van der Waals surface area (Å²) in [5.41, 5.74) is 2.15. The lowest BCUT2D eigenvalue weighted by molar-refractivity contribution is -0.119. The van der Waals surface area contributed by atoms with Crippen LogP contribution in [0.5, 0.6) is 5.75 Å². The van der Waals surface area contributed by atoms with Gasteiger partial charge < -0.3 is 10.1 Å². The number of hydrogen-bond acceptors (Lipinski definition) is 4. The highest BCUT2D eigenvalue weighted by Gasteiger charge is 2.21. The van der Waals surface area contributed by atoms with Crippen molar-refractivity contribution in [3.05, 3.63) is 59.4 Å². The molecule has 0 heterocycles. The predicted molar refractivity (Wildman–Crippen MR) is 103 cm³/mol. The Hall–Kier alpha value is -2.61. The Bertz CT molecular complexity index is 916. The minimum atomic E-state index is -3.74. The molecular formula is C19H23FN2O4S. The van der Waals surface area contributed by atoms with Gasteiger partial charge in [0.2, 0.25) is 15.9 Å². The van der Waals surface area contributed by atoms with E-state index in [0.29, 0.717) is 0 Å². The maximum Gasteiger partial charge on any atom is 0.240 e. The van der Waals surface area contributed by atoms with Crippen LogP contribution < -0.4 is 14.4 Å². The number of hydrogen-bond donors (Lipinski definition) is 1. The zero-order chi connectivity index (χ0) is 20.0. The van der Waals surface area contributed by atoms with Crippen LogP contribution in [0, 0.1) is 19.7 Å². The van der Waals surface area contributed by atoms with Crippen molar-refractivity contribution in [3.63, 3.8) is 0 Å². The third-order valence-electron chi connectivity index (χ3n) is 3.81. The molecule has 0 fully saturated rings. The van der Waals surface area contributed by atoms with E-state index in [2.05, 4.69) is 5.32 Å². The number of halogens is 1. The molecule has 2 aromatic rings. The molecule has 0 aromatic heterocycles. The quantitative estimate of drug-likeness (QED) is 0.698. The van der Waals surface area contributed by atoms with Crippen LogP contribution in [0.25, 0.3) is 0 Å². The van der Waals surface area contributed by atoms with E-state index in [4.69, 9.17) is 4.74 Å². The van der Waals surface area contributed by atoms with Crippen molar-refractivity contribution in [3.8, 4) is 5.75 Å². The highest BCUT2D eigenvalue weighted by atomic mass is 32.2. The van der Waals surface area contributed by atoms with Crippen molar-refractivity contribution in [1.82, 2.24) is 5.32 Å². The summed E-state index contributed by atoms with van der Waals surface area (Å²) < 4.78 is 43.8. The molecule has 0 atom stereocenters. The van der Waals surface area contributed by atoms with Crippen LogP contribution in [0.1, 0.15) is 11.1 Å². The van der Waals surface area contributed by atoms with Gasteiger partial charge in [0.05, 0.1) is 18.5 Å². The number of sulfonamides is 1. The average Bonchev–Trinajstić information content (AvgIpc) is 2.58. The number of aryl methyl sites for hydroxylation is 2. The lowest BCUT2D eigenvalue weighted by Crippen LogP contribution is -2.41. The maximum atomic E-state index is 13.4. The van der Waals surface area contributed by atoms with E-state index >= 15 is 0 Å². The van der Waals surface area contributed by atoms with Crippen LogP contribution >= 0.6 is 0 Å². The Balaban J connectivity index is 1.91. The SMILES string of the molecule is Cc1ccc(C)c(OCCNC(=O)CN(c2cccc(F)c2)S(C)(=O)=O)c1. The Morgan fingerprint density at radius 1 is 1.19 bits per heavy atom. The molecule has 0 aliphatic carbocycles. The van der Waals surface area contributed by atoms with Gasteiger partial charge in [-0.25, -0.2) is 12.8 Å². The monoisotopic (exact) mass is 394 g/mol. The molecule has 0 saturated carbocycles. The molecule has 8 heteroatoms. The highest BCUT2D eigenvalue weighted by Crippen LogP contribution is 2.19. The molecular weight excluding hydrogens is 371 g/mol. The largest absolute Gasteiger partial charge is 0.491 e. The van der Waals surface area contributed by atoms with Crippen molar-refractivity contribution < 1.29 is 22.3 Å². The third-order valence-corrected chi connectivity index (χ3v) is 4.95. The van der Waals surface area contributed by atoms with Crippen molar-refractivity contribution in [2.45, 2.75) is 13.8 Å². The highest BCUT2D eigenvalue weighted by molar-refractivity contribution is 7.92. The van der Waals surface area contributed by atoms with Gasteiger partial charge in [0.15, 0.2) is 0 Å². The minimum absolute atomic E-state index is 0.0966. The zero-order valence-electron chi connectivity index (χ0n) is 15.5. The van der Waals surface area contributed by atoms with Crippen LogP contribution in [0.15, 0.2) is 42.5 Å². The molecule has 1 N–H and O–H groups in total. The lowest BCUT2D eigenvalue weighted by Gasteiger charge is -2.22. The van der Waals surface area contributed by atoms with Crippen molar-refractivity contribution in [2.24, 2.45) is 0 Å². The van der Waals surface area contributed by atoms with Gasteiger partial charge in [-0.3, -0.25) is 9.10 Å². The van der Waals surface area contributed by atoms with Crippen molar-refractivity contribution in [1.29, 1.82) is 0 Å². The first kappa shape index (κ1) is 20.7. The van der Waals surface area contributed by atoms with Crippen LogP contribution in [-0.4, -0.2) is 40.3 Å². The summed E-state index contributed by atoms with van der Waals surface area (Å²) in [4.78, 5) is 12.1. The smallest absolute Gasteiger partial charge is 0.240 e. The van der Waals surface area contributed by atoms with Crippen LogP contribution in [0.4, 0.5) is 10.1 Å². The number of anilines is 1. The van der Waals surface area contributed by atoms with E-state index < -0.39 is 28.3 Å². The number of ether oxygens (including phenoxy) is 1. The number of nitrogens with one attached hydrogen (secondary N) is 1. The van der Waals surface area contributed by atoms with Gasteiger partial charge in [-0.15, -0.1) is 0 Å². The number of amides is 1. The summed E-state index contributed by atoms with van der Waals surface area (Å²) in [7, 11) is -3.74. The second-order valence-corrected chi connectivity index (χ2v) is 8.12. The van der Waals surface area contributed by atoms with Gasteiger partial charge in [-0.1, -0.05) is 18.2 Å². The van der Waals surface area contributed by atoms with E-state index in [1.165, 1.54) is 18.2 Å². The molecule has 0 aliphatic rings. The Morgan fingerprint density at radius 2 is 1.93 bits per heavy atom. The fraction of sp³-hybridized carbons (Fsp3) is 0.316. The molecule has 0 bridgehead atoms. The normalized spacial score (nSPS) is 11.1. The molecule has 2 rings (SSSR count). The standard InChI is InChI=1S/C19H23FN2O4S/c1-14-7-8-15(2)18(11-14)26-10-9-21-19(23)13-22(27(3,24)25)17-6-4-5-16(20)12-17/h4-8,11-12H,9-10,13H2,1-3H3,(H,21,23). The van der Waals surface area contributed by atoms with Crippen LogP contribution in [0.3, 0.4) is 0 Å². The molecule has 0 radical (unpaired) electrons. The Kier molecular flexibility index (Phi) is 6.79. The fourth-order valence-corrected chi connectivity index (χ4v) is 3.28.